The highest BCUT2D eigenvalue weighted by atomic mass is 16.3. The molecule has 0 radical (unpaired) electrons. The van der Waals surface area contributed by atoms with Crippen LogP contribution in [-0.2, 0) is 4.79 Å². The second kappa shape index (κ2) is 3.48. The lowest BCUT2D eigenvalue weighted by atomic mass is 9.48. The van der Waals surface area contributed by atoms with E-state index in [1.165, 1.54) is 0 Å². The van der Waals surface area contributed by atoms with Crippen molar-refractivity contribution in [2.24, 2.45) is 16.7 Å². The molecule has 5 unspecified atom stereocenters. The van der Waals surface area contributed by atoms with Crippen molar-refractivity contribution < 1.29 is 20.1 Å². The maximum atomic E-state index is 12.5. The molecule has 3 rings (SSSR count). The van der Waals surface area contributed by atoms with E-state index in [2.05, 4.69) is 0 Å². The lowest BCUT2D eigenvalue weighted by molar-refractivity contribution is -0.163. The van der Waals surface area contributed by atoms with E-state index in [4.69, 9.17) is 0 Å². The van der Waals surface area contributed by atoms with E-state index in [-0.39, 0.29) is 12.4 Å². The summed E-state index contributed by atoms with van der Waals surface area (Å²) in [5, 5.41) is 30.7. The van der Waals surface area contributed by atoms with Gasteiger partial charge in [-0.1, -0.05) is 13.8 Å². The van der Waals surface area contributed by atoms with E-state index < -0.39 is 28.5 Å². The van der Waals surface area contributed by atoms with E-state index in [1.807, 2.05) is 13.8 Å². The van der Waals surface area contributed by atoms with Crippen molar-refractivity contribution in [1.82, 2.24) is 0 Å². The molecule has 0 bridgehead atoms. The first-order valence-electron chi connectivity index (χ1n) is 6.95. The molecule has 0 aromatic carbocycles. The Kier molecular flexibility index (Phi) is 2.44. The van der Waals surface area contributed by atoms with Gasteiger partial charge in [0.15, 0.2) is 5.78 Å². The third-order valence-electron chi connectivity index (χ3n) is 5.93. The summed E-state index contributed by atoms with van der Waals surface area (Å²) in [5.74, 6) is -0.489. The van der Waals surface area contributed by atoms with Gasteiger partial charge >= 0.3 is 0 Å². The van der Waals surface area contributed by atoms with Crippen LogP contribution in [0.5, 0.6) is 0 Å². The van der Waals surface area contributed by atoms with Gasteiger partial charge in [-0.15, -0.1) is 0 Å². The van der Waals surface area contributed by atoms with Gasteiger partial charge < -0.3 is 15.3 Å². The second-order valence-electron chi connectivity index (χ2n) is 7.28. The van der Waals surface area contributed by atoms with Gasteiger partial charge in [0.05, 0.1) is 17.6 Å². The summed E-state index contributed by atoms with van der Waals surface area (Å²) in [5.41, 5.74) is -0.692. The number of Topliss-reactive ketones (excluding diaryl/α,β-unsaturated/α-hetero) is 1. The van der Waals surface area contributed by atoms with Crippen LogP contribution < -0.4 is 0 Å². The summed E-state index contributed by atoms with van der Waals surface area (Å²) in [7, 11) is 0. The van der Waals surface area contributed by atoms with Crippen molar-refractivity contribution in [2.45, 2.75) is 51.7 Å². The molecule has 2 fully saturated rings. The average molecular weight is 266 g/mol. The molecule has 0 heterocycles. The summed E-state index contributed by atoms with van der Waals surface area (Å²) in [4.78, 5) is 12.5. The molecule has 4 heteroatoms. The fourth-order valence-electron chi connectivity index (χ4n) is 4.82. The van der Waals surface area contributed by atoms with E-state index in [1.54, 1.807) is 6.92 Å². The molecule has 19 heavy (non-hydrogen) atoms. The number of allylic oxidation sites excluding steroid dienone is 1. The van der Waals surface area contributed by atoms with Crippen LogP contribution in [0.4, 0.5) is 0 Å². The molecular weight excluding hydrogens is 244 g/mol. The molecule has 0 amide bonds. The lowest BCUT2D eigenvalue weighted by Crippen LogP contribution is -2.64. The molecular formula is C15H22O4. The standard InChI is InChI=1S/C15H22O4/c1-8-11-10(17)5-14(11,3)15(19)6-13(2,7-16)4-9(15)12(8)18/h9-10,16-17,19H,4-7H2,1-3H3. The van der Waals surface area contributed by atoms with Crippen LogP contribution in [0.2, 0.25) is 0 Å². The Morgan fingerprint density at radius 1 is 1.32 bits per heavy atom. The lowest BCUT2D eigenvalue weighted by Gasteiger charge is -2.59. The number of aliphatic hydroxyl groups excluding tert-OH is 2. The van der Waals surface area contributed by atoms with Crippen molar-refractivity contribution in [3.63, 3.8) is 0 Å². The number of hydrogen-bond acceptors (Lipinski definition) is 4. The number of carbonyl (C=O) groups excluding carboxylic acids is 1. The zero-order valence-electron chi connectivity index (χ0n) is 11.7. The van der Waals surface area contributed by atoms with Crippen LogP contribution in [0.3, 0.4) is 0 Å². The number of hydrogen-bond donors (Lipinski definition) is 3. The Labute approximate surface area is 113 Å². The van der Waals surface area contributed by atoms with Gasteiger partial charge in [0, 0.05) is 12.0 Å². The van der Waals surface area contributed by atoms with Gasteiger partial charge in [0.25, 0.3) is 0 Å². The van der Waals surface area contributed by atoms with Gasteiger partial charge in [-0.2, -0.15) is 0 Å². The first kappa shape index (κ1) is 13.3. The zero-order chi connectivity index (χ0) is 14.2. The predicted molar refractivity (Wildman–Crippen MR) is 69.3 cm³/mol. The summed E-state index contributed by atoms with van der Waals surface area (Å²) in [6.45, 7) is 5.60. The van der Waals surface area contributed by atoms with E-state index in [0.29, 0.717) is 24.8 Å². The minimum Gasteiger partial charge on any atom is -0.396 e. The minimum atomic E-state index is -1.12. The molecule has 4 nitrogen and oxygen atoms in total. The van der Waals surface area contributed by atoms with E-state index in [0.717, 1.165) is 5.57 Å². The average Bonchev–Trinajstić information content (AvgIpc) is 2.61. The Balaban J connectivity index is 2.13. The van der Waals surface area contributed by atoms with Crippen LogP contribution in [-0.4, -0.2) is 39.4 Å². The molecule has 3 aliphatic carbocycles. The smallest absolute Gasteiger partial charge is 0.164 e. The summed E-state index contributed by atoms with van der Waals surface area (Å²) in [6.07, 6.45) is 0.851. The van der Waals surface area contributed by atoms with Crippen molar-refractivity contribution in [3.05, 3.63) is 11.1 Å². The molecule has 0 aromatic rings. The Morgan fingerprint density at radius 3 is 2.47 bits per heavy atom. The largest absolute Gasteiger partial charge is 0.396 e. The van der Waals surface area contributed by atoms with Crippen LogP contribution in [0.25, 0.3) is 0 Å². The summed E-state index contributed by atoms with van der Waals surface area (Å²) >= 11 is 0. The Bertz CT molecular complexity index is 496. The first-order valence-corrected chi connectivity index (χ1v) is 6.95. The number of fused-ring (bicyclic) bond motifs is 3. The van der Waals surface area contributed by atoms with E-state index in [9.17, 15) is 20.1 Å². The van der Waals surface area contributed by atoms with Gasteiger partial charge in [0.1, 0.15) is 0 Å². The maximum Gasteiger partial charge on any atom is 0.164 e. The van der Waals surface area contributed by atoms with Crippen molar-refractivity contribution in [1.29, 1.82) is 0 Å². The molecule has 2 saturated carbocycles. The molecule has 0 saturated heterocycles. The normalized spacial score (nSPS) is 52.8. The summed E-state index contributed by atoms with van der Waals surface area (Å²) < 4.78 is 0. The van der Waals surface area contributed by atoms with Crippen LogP contribution >= 0.6 is 0 Å². The molecule has 0 aliphatic heterocycles. The maximum absolute atomic E-state index is 12.5. The van der Waals surface area contributed by atoms with Crippen LogP contribution in [0.1, 0.15) is 40.0 Å². The number of ketones is 1. The zero-order valence-corrected chi connectivity index (χ0v) is 11.7. The molecule has 0 aromatic heterocycles. The van der Waals surface area contributed by atoms with E-state index >= 15 is 0 Å². The highest BCUT2D eigenvalue weighted by Crippen LogP contribution is 2.67. The Hall–Kier alpha value is -0.710. The third-order valence-corrected chi connectivity index (χ3v) is 5.93. The molecule has 3 N–H and O–H groups in total. The predicted octanol–water partition coefficient (Wildman–Crippen LogP) is 0.796. The molecule has 0 spiro atoms. The van der Waals surface area contributed by atoms with Crippen molar-refractivity contribution in [3.8, 4) is 0 Å². The minimum absolute atomic E-state index is 0.0217. The second-order valence-corrected chi connectivity index (χ2v) is 7.28. The quantitative estimate of drug-likeness (QED) is 0.656. The third kappa shape index (κ3) is 1.32. The molecule has 5 atom stereocenters. The number of rotatable bonds is 1. The van der Waals surface area contributed by atoms with Gasteiger partial charge in [0.2, 0.25) is 0 Å². The topological polar surface area (TPSA) is 77.8 Å². The van der Waals surface area contributed by atoms with Crippen molar-refractivity contribution >= 4 is 5.78 Å². The van der Waals surface area contributed by atoms with Crippen LogP contribution in [0, 0.1) is 16.7 Å². The van der Waals surface area contributed by atoms with Gasteiger partial charge in [-0.25, -0.2) is 0 Å². The highest BCUT2D eigenvalue weighted by Gasteiger charge is 2.70. The number of carbonyl (C=O) groups is 1. The van der Waals surface area contributed by atoms with Crippen molar-refractivity contribution in [2.75, 3.05) is 6.61 Å². The molecule has 106 valence electrons. The highest BCUT2D eigenvalue weighted by molar-refractivity contribution is 6.01. The fourth-order valence-corrected chi connectivity index (χ4v) is 4.82. The SMILES string of the molecule is CC1=C2C(O)CC2(C)C2(O)CC(C)(CO)CC2C1=O. The fraction of sp³-hybridized carbons (Fsp3) is 0.800. The van der Waals surface area contributed by atoms with Gasteiger partial charge in [-0.3, -0.25) is 4.79 Å². The molecule has 3 aliphatic rings. The Morgan fingerprint density at radius 2 is 1.95 bits per heavy atom. The van der Waals surface area contributed by atoms with Crippen LogP contribution in [0.15, 0.2) is 11.1 Å². The summed E-state index contributed by atoms with van der Waals surface area (Å²) in [6, 6.07) is 0. The monoisotopic (exact) mass is 266 g/mol. The number of aliphatic hydroxyl groups is 3. The van der Waals surface area contributed by atoms with Gasteiger partial charge in [-0.05, 0) is 42.7 Å². The first-order chi connectivity index (χ1) is 8.68.